The van der Waals surface area contributed by atoms with Gasteiger partial charge in [0.05, 0.1) is 11.6 Å². The molecule has 0 amide bonds. The number of nitrogens with one attached hydrogen (secondary N) is 1. The SMILES string of the molecule is Fc1ccccc1-c1nnc(C2CCCN2)o1. The van der Waals surface area contributed by atoms with Crippen LogP contribution in [0.3, 0.4) is 0 Å². The van der Waals surface area contributed by atoms with Crippen LogP contribution < -0.4 is 5.32 Å². The van der Waals surface area contributed by atoms with E-state index in [1.807, 2.05) is 0 Å². The Morgan fingerprint density at radius 1 is 1.29 bits per heavy atom. The fourth-order valence-electron chi connectivity index (χ4n) is 2.01. The van der Waals surface area contributed by atoms with E-state index in [2.05, 4.69) is 15.5 Å². The van der Waals surface area contributed by atoms with Gasteiger partial charge in [0.15, 0.2) is 0 Å². The molecule has 1 N–H and O–H groups in total. The van der Waals surface area contributed by atoms with E-state index in [0.29, 0.717) is 11.5 Å². The Morgan fingerprint density at radius 3 is 2.94 bits per heavy atom. The fraction of sp³-hybridized carbons (Fsp3) is 0.333. The predicted octanol–water partition coefficient (Wildman–Crippen LogP) is 2.30. The largest absolute Gasteiger partial charge is 0.419 e. The summed E-state index contributed by atoms with van der Waals surface area (Å²) in [5, 5.41) is 11.1. The van der Waals surface area contributed by atoms with Crippen molar-refractivity contribution in [2.24, 2.45) is 0 Å². The lowest BCUT2D eigenvalue weighted by Gasteiger charge is -2.02. The van der Waals surface area contributed by atoms with Crippen molar-refractivity contribution in [3.8, 4) is 11.5 Å². The second kappa shape index (κ2) is 4.25. The summed E-state index contributed by atoms with van der Waals surface area (Å²) in [6.45, 7) is 0.960. The van der Waals surface area contributed by atoms with Gasteiger partial charge in [0.25, 0.3) is 5.89 Å². The van der Waals surface area contributed by atoms with Crippen LogP contribution in [0.15, 0.2) is 28.7 Å². The molecule has 0 saturated carbocycles. The zero-order chi connectivity index (χ0) is 11.7. The molecule has 1 aromatic carbocycles. The van der Waals surface area contributed by atoms with Crippen molar-refractivity contribution in [2.75, 3.05) is 6.54 Å². The summed E-state index contributed by atoms with van der Waals surface area (Å²) in [4.78, 5) is 0. The van der Waals surface area contributed by atoms with Crippen molar-refractivity contribution in [3.05, 3.63) is 36.0 Å². The molecule has 17 heavy (non-hydrogen) atoms. The highest BCUT2D eigenvalue weighted by atomic mass is 19.1. The maximum Gasteiger partial charge on any atom is 0.250 e. The molecule has 88 valence electrons. The normalized spacial score (nSPS) is 19.7. The van der Waals surface area contributed by atoms with Gasteiger partial charge in [0, 0.05) is 0 Å². The molecular formula is C12H12FN3O. The third-order valence-corrected chi connectivity index (χ3v) is 2.90. The number of halogens is 1. The van der Waals surface area contributed by atoms with E-state index in [1.165, 1.54) is 6.07 Å². The third kappa shape index (κ3) is 1.93. The van der Waals surface area contributed by atoms with Gasteiger partial charge in [-0.05, 0) is 31.5 Å². The van der Waals surface area contributed by atoms with Crippen LogP contribution in [-0.2, 0) is 0 Å². The van der Waals surface area contributed by atoms with E-state index in [-0.39, 0.29) is 17.7 Å². The Labute approximate surface area is 97.9 Å². The molecule has 0 aliphatic carbocycles. The van der Waals surface area contributed by atoms with Gasteiger partial charge in [0.2, 0.25) is 5.89 Å². The van der Waals surface area contributed by atoms with Crippen LogP contribution in [0.25, 0.3) is 11.5 Å². The fourth-order valence-corrected chi connectivity index (χ4v) is 2.01. The molecule has 1 unspecified atom stereocenters. The van der Waals surface area contributed by atoms with Crippen LogP contribution in [0.1, 0.15) is 24.8 Å². The van der Waals surface area contributed by atoms with Gasteiger partial charge in [-0.15, -0.1) is 10.2 Å². The number of hydrogen-bond acceptors (Lipinski definition) is 4. The monoisotopic (exact) mass is 233 g/mol. The lowest BCUT2D eigenvalue weighted by Crippen LogP contribution is -2.12. The first kappa shape index (κ1) is 10.4. The first-order valence-electron chi connectivity index (χ1n) is 5.66. The van der Waals surface area contributed by atoms with Crippen molar-refractivity contribution < 1.29 is 8.81 Å². The summed E-state index contributed by atoms with van der Waals surface area (Å²) in [6, 6.07) is 6.51. The Bertz CT molecular complexity index is 520. The van der Waals surface area contributed by atoms with E-state index >= 15 is 0 Å². The second-order valence-corrected chi connectivity index (χ2v) is 4.07. The molecule has 5 heteroatoms. The quantitative estimate of drug-likeness (QED) is 0.864. The highest BCUT2D eigenvalue weighted by Gasteiger charge is 2.22. The molecule has 1 aliphatic rings. The van der Waals surface area contributed by atoms with Gasteiger partial charge in [-0.3, -0.25) is 0 Å². The van der Waals surface area contributed by atoms with Crippen molar-refractivity contribution in [2.45, 2.75) is 18.9 Å². The first-order chi connectivity index (χ1) is 8.34. The average Bonchev–Trinajstić information content (AvgIpc) is 3.00. The summed E-state index contributed by atoms with van der Waals surface area (Å²) >= 11 is 0. The number of rotatable bonds is 2. The maximum atomic E-state index is 13.5. The molecule has 0 spiro atoms. The molecule has 1 aromatic heterocycles. The lowest BCUT2D eigenvalue weighted by atomic mass is 10.2. The molecule has 1 aliphatic heterocycles. The number of aromatic nitrogens is 2. The highest BCUT2D eigenvalue weighted by molar-refractivity contribution is 5.53. The van der Waals surface area contributed by atoms with Crippen molar-refractivity contribution in [1.29, 1.82) is 0 Å². The number of hydrogen-bond donors (Lipinski definition) is 1. The lowest BCUT2D eigenvalue weighted by molar-refractivity contribution is 0.436. The summed E-state index contributed by atoms with van der Waals surface area (Å²) in [5.74, 6) is 0.439. The van der Waals surface area contributed by atoms with Crippen LogP contribution >= 0.6 is 0 Å². The summed E-state index contributed by atoms with van der Waals surface area (Å²) in [6.07, 6.45) is 2.08. The molecule has 1 atom stereocenters. The molecule has 1 fully saturated rings. The molecule has 4 nitrogen and oxygen atoms in total. The second-order valence-electron chi connectivity index (χ2n) is 4.07. The summed E-state index contributed by atoms with van der Waals surface area (Å²) in [5.41, 5.74) is 0.351. The van der Waals surface area contributed by atoms with E-state index in [0.717, 1.165) is 19.4 Å². The van der Waals surface area contributed by atoms with Gasteiger partial charge in [0.1, 0.15) is 5.82 Å². The standard InChI is InChI=1S/C12H12FN3O/c13-9-5-2-1-4-8(9)11-15-16-12(17-11)10-6-3-7-14-10/h1-2,4-5,10,14H,3,6-7H2. The van der Waals surface area contributed by atoms with Gasteiger partial charge in [-0.1, -0.05) is 12.1 Å². The molecule has 2 heterocycles. The predicted molar refractivity (Wildman–Crippen MR) is 59.7 cm³/mol. The summed E-state index contributed by atoms with van der Waals surface area (Å²) < 4.78 is 19.0. The van der Waals surface area contributed by atoms with Crippen LogP contribution in [0, 0.1) is 5.82 Å². The molecule has 1 saturated heterocycles. The van der Waals surface area contributed by atoms with E-state index in [1.54, 1.807) is 18.2 Å². The molecule has 0 radical (unpaired) electrons. The van der Waals surface area contributed by atoms with Crippen molar-refractivity contribution in [3.63, 3.8) is 0 Å². The minimum absolute atomic E-state index is 0.114. The Hall–Kier alpha value is -1.75. The minimum Gasteiger partial charge on any atom is -0.419 e. The number of benzene rings is 1. The Balaban J connectivity index is 1.92. The van der Waals surface area contributed by atoms with Gasteiger partial charge in [-0.25, -0.2) is 4.39 Å². The minimum atomic E-state index is -0.345. The topological polar surface area (TPSA) is 51.0 Å². The van der Waals surface area contributed by atoms with Gasteiger partial charge in [-0.2, -0.15) is 0 Å². The van der Waals surface area contributed by atoms with Crippen LogP contribution in [-0.4, -0.2) is 16.7 Å². The Morgan fingerprint density at radius 2 is 2.18 bits per heavy atom. The Kier molecular flexibility index (Phi) is 2.60. The average molecular weight is 233 g/mol. The molecule has 3 rings (SSSR count). The van der Waals surface area contributed by atoms with Crippen LogP contribution in [0.5, 0.6) is 0 Å². The maximum absolute atomic E-state index is 13.5. The van der Waals surface area contributed by atoms with Crippen molar-refractivity contribution >= 4 is 0 Å². The molecular weight excluding hydrogens is 221 g/mol. The van der Waals surface area contributed by atoms with Crippen molar-refractivity contribution in [1.82, 2.24) is 15.5 Å². The van der Waals surface area contributed by atoms with E-state index in [4.69, 9.17) is 4.42 Å². The van der Waals surface area contributed by atoms with Crippen LogP contribution in [0.4, 0.5) is 4.39 Å². The zero-order valence-corrected chi connectivity index (χ0v) is 9.19. The van der Waals surface area contributed by atoms with E-state index < -0.39 is 0 Å². The third-order valence-electron chi connectivity index (χ3n) is 2.90. The van der Waals surface area contributed by atoms with Gasteiger partial charge >= 0.3 is 0 Å². The molecule has 0 bridgehead atoms. The zero-order valence-electron chi connectivity index (χ0n) is 9.19. The van der Waals surface area contributed by atoms with Crippen LogP contribution in [0.2, 0.25) is 0 Å². The smallest absolute Gasteiger partial charge is 0.250 e. The first-order valence-corrected chi connectivity index (χ1v) is 5.66. The number of nitrogens with zero attached hydrogens (tertiary/aromatic N) is 2. The van der Waals surface area contributed by atoms with E-state index in [9.17, 15) is 4.39 Å². The summed E-state index contributed by atoms with van der Waals surface area (Å²) in [7, 11) is 0. The molecule has 2 aromatic rings. The highest BCUT2D eigenvalue weighted by Crippen LogP contribution is 2.26. The van der Waals surface area contributed by atoms with Gasteiger partial charge < -0.3 is 9.73 Å².